The zero-order valence-corrected chi connectivity index (χ0v) is 9.03. The molecule has 76 valence electrons. The topological polar surface area (TPSA) is 50.2 Å². The highest BCUT2D eigenvalue weighted by Crippen LogP contribution is 2.25. The fraction of sp³-hybridized carbons (Fsp3) is 0.250. The van der Waals surface area contributed by atoms with Gasteiger partial charge in [0.15, 0.2) is 0 Å². The minimum atomic E-state index is -2.69. The van der Waals surface area contributed by atoms with E-state index in [4.69, 9.17) is 5.11 Å². The van der Waals surface area contributed by atoms with Crippen molar-refractivity contribution in [2.45, 2.75) is 12.8 Å². The first-order valence-corrected chi connectivity index (χ1v) is 4.72. The van der Waals surface area contributed by atoms with E-state index in [-0.39, 0.29) is 11.1 Å². The van der Waals surface area contributed by atoms with E-state index in [2.05, 4.69) is 4.98 Å². The first-order chi connectivity index (χ1) is 6.52. The number of rotatable bonds is 3. The highest BCUT2D eigenvalue weighted by atomic mass is 127. The van der Waals surface area contributed by atoms with Crippen LogP contribution in [0.15, 0.2) is 12.4 Å². The lowest BCUT2D eigenvalue weighted by Gasteiger charge is -2.07. The largest absolute Gasteiger partial charge is 0.481 e. The summed E-state index contributed by atoms with van der Waals surface area (Å²) in [5.41, 5.74) is -0.164. The fourth-order valence-corrected chi connectivity index (χ4v) is 1.67. The van der Waals surface area contributed by atoms with Crippen LogP contribution in [-0.2, 0) is 11.2 Å². The number of hydrogen-bond acceptors (Lipinski definition) is 2. The van der Waals surface area contributed by atoms with Crippen molar-refractivity contribution in [2.75, 3.05) is 0 Å². The van der Waals surface area contributed by atoms with E-state index < -0.39 is 18.8 Å². The maximum atomic E-state index is 12.4. The molecule has 0 aromatic carbocycles. The van der Waals surface area contributed by atoms with Gasteiger partial charge < -0.3 is 5.11 Å². The first kappa shape index (κ1) is 11.3. The Hall–Kier alpha value is -0.790. The number of carbonyl (C=O) groups is 1. The lowest BCUT2D eigenvalue weighted by atomic mass is 10.1. The van der Waals surface area contributed by atoms with E-state index in [0.717, 1.165) is 6.20 Å². The standard InChI is InChI=1S/C8H6F2INO2/c9-8(10)5-2-12-3-6(11)4(5)1-7(13)14/h2-3,8H,1H2,(H,13,14). The maximum absolute atomic E-state index is 12.4. The average molecular weight is 313 g/mol. The van der Waals surface area contributed by atoms with Gasteiger partial charge in [0.1, 0.15) is 0 Å². The minimum absolute atomic E-state index is 0.142. The molecule has 0 aliphatic carbocycles. The summed E-state index contributed by atoms with van der Waals surface area (Å²) in [4.78, 5) is 14.0. The van der Waals surface area contributed by atoms with Gasteiger partial charge in [0, 0.05) is 21.5 Å². The summed E-state index contributed by atoms with van der Waals surface area (Å²) in [6, 6.07) is 0. The molecule has 0 bridgehead atoms. The molecule has 1 aromatic heterocycles. The monoisotopic (exact) mass is 313 g/mol. The fourth-order valence-electron chi connectivity index (χ4n) is 1.00. The molecule has 1 heterocycles. The average Bonchev–Trinajstić information content (AvgIpc) is 2.07. The first-order valence-electron chi connectivity index (χ1n) is 3.64. The van der Waals surface area contributed by atoms with Crippen LogP contribution in [0.1, 0.15) is 17.6 Å². The summed E-state index contributed by atoms with van der Waals surface area (Å²) in [5.74, 6) is -1.13. The van der Waals surface area contributed by atoms with Crippen molar-refractivity contribution in [2.24, 2.45) is 0 Å². The van der Waals surface area contributed by atoms with Crippen molar-refractivity contribution < 1.29 is 18.7 Å². The van der Waals surface area contributed by atoms with Crippen LogP contribution in [0, 0.1) is 3.57 Å². The van der Waals surface area contributed by atoms with Crippen molar-refractivity contribution >= 4 is 28.6 Å². The summed E-state index contributed by atoms with van der Waals surface area (Å²) in [5, 5.41) is 8.53. The number of nitrogens with zero attached hydrogens (tertiary/aromatic N) is 1. The lowest BCUT2D eigenvalue weighted by molar-refractivity contribution is -0.136. The number of aromatic nitrogens is 1. The molecule has 0 amide bonds. The minimum Gasteiger partial charge on any atom is -0.481 e. The Kier molecular flexibility index (Phi) is 3.73. The van der Waals surface area contributed by atoms with Gasteiger partial charge >= 0.3 is 5.97 Å². The number of alkyl halides is 2. The molecule has 0 spiro atoms. The Morgan fingerprint density at radius 3 is 2.71 bits per heavy atom. The Labute approximate surface area is 92.3 Å². The molecule has 0 saturated heterocycles. The second-order valence-corrected chi connectivity index (χ2v) is 3.72. The van der Waals surface area contributed by atoms with E-state index in [9.17, 15) is 13.6 Å². The molecule has 0 saturated carbocycles. The van der Waals surface area contributed by atoms with E-state index in [1.54, 1.807) is 22.6 Å². The van der Waals surface area contributed by atoms with Crippen molar-refractivity contribution in [1.82, 2.24) is 4.98 Å². The predicted octanol–water partition coefficient (Wildman–Crippen LogP) is 2.25. The molecule has 0 unspecified atom stereocenters. The number of aliphatic carboxylic acids is 1. The molecule has 1 N–H and O–H groups in total. The summed E-state index contributed by atoms with van der Waals surface area (Å²) < 4.78 is 25.3. The molecule has 1 rings (SSSR count). The molecule has 14 heavy (non-hydrogen) atoms. The molecule has 1 aromatic rings. The van der Waals surface area contributed by atoms with Gasteiger partial charge in [0.25, 0.3) is 6.43 Å². The Balaban J connectivity index is 3.15. The van der Waals surface area contributed by atoms with Crippen molar-refractivity contribution in [1.29, 1.82) is 0 Å². The molecule has 0 aliphatic rings. The third kappa shape index (κ3) is 2.60. The van der Waals surface area contributed by atoms with Crippen LogP contribution in [0.25, 0.3) is 0 Å². The molecule has 0 aliphatic heterocycles. The predicted molar refractivity (Wildman–Crippen MR) is 53.3 cm³/mol. The summed E-state index contributed by atoms with van der Waals surface area (Å²) in [6.45, 7) is 0. The summed E-state index contributed by atoms with van der Waals surface area (Å²) >= 11 is 1.79. The molecular weight excluding hydrogens is 307 g/mol. The van der Waals surface area contributed by atoms with E-state index in [1.807, 2.05) is 0 Å². The number of pyridine rings is 1. The second-order valence-electron chi connectivity index (χ2n) is 2.56. The van der Waals surface area contributed by atoms with Gasteiger partial charge in [-0.1, -0.05) is 0 Å². The molecule has 0 radical (unpaired) electrons. The van der Waals surface area contributed by atoms with Gasteiger partial charge in [-0.15, -0.1) is 0 Å². The Morgan fingerprint density at radius 1 is 1.57 bits per heavy atom. The van der Waals surface area contributed by atoms with Crippen LogP contribution >= 0.6 is 22.6 Å². The highest BCUT2D eigenvalue weighted by Gasteiger charge is 2.17. The van der Waals surface area contributed by atoms with Crippen LogP contribution in [0.2, 0.25) is 0 Å². The van der Waals surface area contributed by atoms with Crippen LogP contribution in [0.3, 0.4) is 0 Å². The SMILES string of the molecule is O=C(O)Cc1c(I)cncc1C(F)F. The van der Waals surface area contributed by atoms with Crippen molar-refractivity contribution in [3.63, 3.8) is 0 Å². The molecular formula is C8H6F2INO2. The summed E-state index contributed by atoms with van der Waals surface area (Å²) in [7, 11) is 0. The van der Waals surface area contributed by atoms with Gasteiger partial charge in [-0.05, 0) is 28.2 Å². The summed E-state index contributed by atoms with van der Waals surface area (Å²) in [6.07, 6.45) is -0.720. The van der Waals surface area contributed by atoms with Gasteiger partial charge in [-0.25, -0.2) is 8.78 Å². The van der Waals surface area contributed by atoms with Gasteiger partial charge in [0.05, 0.1) is 6.42 Å². The smallest absolute Gasteiger partial charge is 0.307 e. The Morgan fingerprint density at radius 2 is 2.21 bits per heavy atom. The highest BCUT2D eigenvalue weighted by molar-refractivity contribution is 14.1. The van der Waals surface area contributed by atoms with Crippen molar-refractivity contribution in [3.05, 3.63) is 27.1 Å². The second kappa shape index (κ2) is 4.63. The van der Waals surface area contributed by atoms with Gasteiger partial charge in [-0.3, -0.25) is 9.78 Å². The van der Waals surface area contributed by atoms with E-state index in [1.165, 1.54) is 6.20 Å². The van der Waals surface area contributed by atoms with Crippen LogP contribution in [-0.4, -0.2) is 16.1 Å². The number of carboxylic acids is 1. The molecule has 6 heteroatoms. The van der Waals surface area contributed by atoms with Crippen LogP contribution in [0.5, 0.6) is 0 Å². The molecule has 0 atom stereocenters. The number of hydrogen-bond donors (Lipinski definition) is 1. The van der Waals surface area contributed by atoms with E-state index in [0.29, 0.717) is 3.57 Å². The van der Waals surface area contributed by atoms with Crippen molar-refractivity contribution in [3.8, 4) is 0 Å². The quantitative estimate of drug-likeness (QED) is 0.871. The zero-order chi connectivity index (χ0) is 10.7. The lowest BCUT2D eigenvalue weighted by Crippen LogP contribution is -2.06. The van der Waals surface area contributed by atoms with E-state index >= 15 is 0 Å². The number of carboxylic acid groups (broad SMARTS) is 1. The van der Waals surface area contributed by atoms with Gasteiger partial charge in [0.2, 0.25) is 0 Å². The van der Waals surface area contributed by atoms with Crippen LogP contribution in [0.4, 0.5) is 8.78 Å². The van der Waals surface area contributed by atoms with Gasteiger partial charge in [-0.2, -0.15) is 0 Å². The molecule has 3 nitrogen and oxygen atoms in total. The maximum Gasteiger partial charge on any atom is 0.307 e. The zero-order valence-electron chi connectivity index (χ0n) is 6.88. The van der Waals surface area contributed by atoms with Crippen LogP contribution < -0.4 is 0 Å². The third-order valence-corrected chi connectivity index (χ3v) is 2.53. The Bertz CT molecular complexity index is 357. The normalized spacial score (nSPS) is 10.6. The third-order valence-electron chi connectivity index (χ3n) is 1.60. The molecule has 0 fully saturated rings. The number of halogens is 3.